The zero-order valence-electron chi connectivity index (χ0n) is 20.1. The molecule has 2 aliphatic rings. The zero-order chi connectivity index (χ0) is 24.9. The van der Waals surface area contributed by atoms with E-state index < -0.39 is 0 Å². The van der Waals surface area contributed by atoms with E-state index in [0.717, 1.165) is 29.7 Å². The molecule has 0 unspecified atom stereocenters. The number of carbonyl (C=O) groups excluding carboxylic acids is 2. The average Bonchev–Trinajstić information content (AvgIpc) is 2.94. The van der Waals surface area contributed by atoms with Gasteiger partial charge >= 0.3 is 0 Å². The maximum absolute atomic E-state index is 13.1. The van der Waals surface area contributed by atoms with Gasteiger partial charge in [0.05, 0.1) is 13.2 Å². The predicted molar refractivity (Wildman–Crippen MR) is 140 cm³/mol. The molecule has 0 spiro atoms. The minimum atomic E-state index is 0.0235. The molecule has 3 aromatic rings. The van der Waals surface area contributed by atoms with E-state index in [1.165, 1.54) is 0 Å². The molecule has 0 saturated carbocycles. The number of morpholine rings is 1. The Morgan fingerprint density at radius 2 is 1.39 bits per heavy atom. The molecule has 0 atom stereocenters. The average molecular weight is 505 g/mol. The Hall–Kier alpha value is -3.35. The van der Waals surface area contributed by atoms with Gasteiger partial charge in [0.1, 0.15) is 11.9 Å². The quantitative estimate of drug-likeness (QED) is 0.481. The first kappa shape index (κ1) is 24.3. The third kappa shape index (κ3) is 5.72. The van der Waals surface area contributed by atoms with Crippen LogP contribution >= 0.6 is 11.6 Å². The van der Waals surface area contributed by atoms with Gasteiger partial charge in [-0.05, 0) is 59.7 Å². The summed E-state index contributed by atoms with van der Waals surface area (Å²) in [5, 5.41) is 0.683. The van der Waals surface area contributed by atoms with Gasteiger partial charge in [0.2, 0.25) is 0 Å². The highest BCUT2D eigenvalue weighted by Crippen LogP contribution is 2.24. The number of rotatable bonds is 5. The Morgan fingerprint density at radius 1 is 0.750 bits per heavy atom. The lowest BCUT2D eigenvalue weighted by molar-refractivity contribution is 0.0303. The maximum atomic E-state index is 13.1. The van der Waals surface area contributed by atoms with Crippen LogP contribution in [0.2, 0.25) is 5.02 Å². The van der Waals surface area contributed by atoms with Crippen molar-refractivity contribution in [1.29, 1.82) is 0 Å². The van der Waals surface area contributed by atoms with Gasteiger partial charge in [-0.3, -0.25) is 9.59 Å². The molecule has 7 heteroatoms. The first-order valence-corrected chi connectivity index (χ1v) is 12.7. The fourth-order valence-corrected chi connectivity index (χ4v) is 4.78. The smallest absolute Gasteiger partial charge is 0.254 e. The van der Waals surface area contributed by atoms with Crippen molar-refractivity contribution in [3.05, 3.63) is 88.9 Å². The summed E-state index contributed by atoms with van der Waals surface area (Å²) in [5.41, 5.74) is 3.25. The molecule has 2 heterocycles. The second kappa shape index (κ2) is 11.1. The first-order chi connectivity index (χ1) is 17.6. The molecule has 2 aliphatic heterocycles. The van der Waals surface area contributed by atoms with E-state index in [1.54, 1.807) is 0 Å². The highest BCUT2D eigenvalue weighted by atomic mass is 35.5. The number of piperidine rings is 1. The molecule has 0 aliphatic carbocycles. The van der Waals surface area contributed by atoms with Crippen LogP contribution in [0.5, 0.6) is 5.75 Å². The summed E-state index contributed by atoms with van der Waals surface area (Å²) < 4.78 is 11.4. The lowest BCUT2D eigenvalue weighted by Gasteiger charge is -2.32. The summed E-state index contributed by atoms with van der Waals surface area (Å²) in [6, 6.07) is 22.6. The topological polar surface area (TPSA) is 59.1 Å². The summed E-state index contributed by atoms with van der Waals surface area (Å²) >= 11 is 5.94. The normalized spacial score (nSPS) is 16.6. The molecule has 2 saturated heterocycles. The van der Waals surface area contributed by atoms with Crippen LogP contribution in [0.1, 0.15) is 33.6 Å². The summed E-state index contributed by atoms with van der Waals surface area (Å²) in [4.78, 5) is 29.6. The minimum absolute atomic E-state index is 0.0235. The lowest BCUT2D eigenvalue weighted by atomic mass is 10.0. The van der Waals surface area contributed by atoms with Crippen LogP contribution in [0.25, 0.3) is 11.1 Å². The standard InChI is InChI=1S/C29H29ClN2O4/c30-25-8-10-26(11-9-25)36-27-12-14-31(15-13-27)28(33)22-6-4-21(5-7-22)23-2-1-3-24(20-23)29(34)32-16-18-35-19-17-32/h1-11,20,27H,12-19H2. The van der Waals surface area contributed by atoms with Gasteiger partial charge in [0, 0.05) is 55.2 Å². The van der Waals surface area contributed by atoms with Crippen LogP contribution in [-0.4, -0.2) is 67.1 Å². The van der Waals surface area contributed by atoms with Crippen molar-refractivity contribution in [3.8, 4) is 16.9 Å². The van der Waals surface area contributed by atoms with Gasteiger partial charge in [-0.15, -0.1) is 0 Å². The Labute approximate surface area is 216 Å². The van der Waals surface area contributed by atoms with Crippen molar-refractivity contribution in [2.75, 3.05) is 39.4 Å². The molecule has 2 fully saturated rings. The van der Waals surface area contributed by atoms with Crippen LogP contribution in [0.15, 0.2) is 72.8 Å². The SMILES string of the molecule is O=C(c1cccc(-c2ccc(C(=O)N3CCC(Oc4ccc(Cl)cc4)CC3)cc2)c1)N1CCOCC1. The molecule has 0 radical (unpaired) electrons. The lowest BCUT2D eigenvalue weighted by Crippen LogP contribution is -2.41. The number of hydrogen-bond acceptors (Lipinski definition) is 4. The Kier molecular flexibility index (Phi) is 7.54. The predicted octanol–water partition coefficient (Wildman–Crippen LogP) is 5.16. The molecule has 2 amide bonds. The Balaban J connectivity index is 1.19. The molecule has 6 nitrogen and oxygen atoms in total. The summed E-state index contributed by atoms with van der Waals surface area (Å²) in [6.45, 7) is 3.70. The minimum Gasteiger partial charge on any atom is -0.490 e. The number of likely N-dealkylation sites (tertiary alicyclic amines) is 1. The number of amides is 2. The van der Waals surface area contributed by atoms with Crippen molar-refractivity contribution in [2.45, 2.75) is 18.9 Å². The van der Waals surface area contributed by atoms with Crippen molar-refractivity contribution in [2.24, 2.45) is 0 Å². The summed E-state index contributed by atoms with van der Waals surface area (Å²) in [7, 11) is 0. The Morgan fingerprint density at radius 3 is 2.08 bits per heavy atom. The zero-order valence-corrected chi connectivity index (χ0v) is 20.8. The van der Waals surface area contributed by atoms with E-state index in [1.807, 2.05) is 82.6 Å². The Bertz CT molecular complexity index is 1200. The van der Waals surface area contributed by atoms with E-state index in [2.05, 4.69) is 0 Å². The van der Waals surface area contributed by atoms with E-state index >= 15 is 0 Å². The van der Waals surface area contributed by atoms with E-state index in [4.69, 9.17) is 21.1 Å². The van der Waals surface area contributed by atoms with E-state index in [-0.39, 0.29) is 17.9 Å². The molecule has 5 rings (SSSR count). The number of benzene rings is 3. The highest BCUT2D eigenvalue weighted by molar-refractivity contribution is 6.30. The third-order valence-corrected chi connectivity index (χ3v) is 6.97. The first-order valence-electron chi connectivity index (χ1n) is 12.4. The highest BCUT2D eigenvalue weighted by Gasteiger charge is 2.25. The van der Waals surface area contributed by atoms with E-state index in [9.17, 15) is 9.59 Å². The molecule has 186 valence electrons. The van der Waals surface area contributed by atoms with Crippen LogP contribution < -0.4 is 4.74 Å². The third-order valence-electron chi connectivity index (χ3n) is 6.72. The molecule has 0 bridgehead atoms. The number of nitrogens with zero attached hydrogens (tertiary/aromatic N) is 2. The van der Waals surface area contributed by atoms with Gasteiger partial charge in [-0.1, -0.05) is 35.9 Å². The van der Waals surface area contributed by atoms with Gasteiger partial charge in [0.25, 0.3) is 11.8 Å². The van der Waals surface area contributed by atoms with Crippen molar-refractivity contribution < 1.29 is 19.1 Å². The van der Waals surface area contributed by atoms with Crippen LogP contribution in [-0.2, 0) is 4.74 Å². The number of ether oxygens (including phenoxy) is 2. The second-order valence-electron chi connectivity index (χ2n) is 9.13. The van der Waals surface area contributed by atoms with Gasteiger partial charge in [-0.2, -0.15) is 0 Å². The molecule has 36 heavy (non-hydrogen) atoms. The number of carbonyl (C=O) groups is 2. The fourth-order valence-electron chi connectivity index (χ4n) is 4.65. The van der Waals surface area contributed by atoms with Crippen LogP contribution in [0.3, 0.4) is 0 Å². The number of halogens is 1. The summed E-state index contributed by atoms with van der Waals surface area (Å²) in [6.07, 6.45) is 1.66. The van der Waals surface area contributed by atoms with Crippen molar-refractivity contribution >= 4 is 23.4 Å². The van der Waals surface area contributed by atoms with Crippen molar-refractivity contribution in [3.63, 3.8) is 0 Å². The molecule has 0 N–H and O–H groups in total. The van der Waals surface area contributed by atoms with Crippen LogP contribution in [0, 0.1) is 0 Å². The maximum Gasteiger partial charge on any atom is 0.254 e. The van der Waals surface area contributed by atoms with Crippen LogP contribution in [0.4, 0.5) is 0 Å². The van der Waals surface area contributed by atoms with E-state index in [0.29, 0.717) is 55.5 Å². The van der Waals surface area contributed by atoms with Crippen molar-refractivity contribution in [1.82, 2.24) is 9.80 Å². The molecule has 3 aromatic carbocycles. The molecule has 0 aromatic heterocycles. The van der Waals surface area contributed by atoms with Gasteiger partial charge in [0.15, 0.2) is 0 Å². The monoisotopic (exact) mass is 504 g/mol. The fraction of sp³-hybridized carbons (Fsp3) is 0.310. The largest absolute Gasteiger partial charge is 0.490 e. The van der Waals surface area contributed by atoms with Gasteiger partial charge in [-0.25, -0.2) is 0 Å². The molecular formula is C29H29ClN2O4. The number of hydrogen-bond donors (Lipinski definition) is 0. The molecular weight excluding hydrogens is 476 g/mol. The second-order valence-corrected chi connectivity index (χ2v) is 9.56. The van der Waals surface area contributed by atoms with Gasteiger partial charge < -0.3 is 19.3 Å². The summed E-state index contributed by atoms with van der Waals surface area (Å²) in [5.74, 6) is 0.855.